The van der Waals surface area contributed by atoms with Crippen molar-refractivity contribution in [1.82, 2.24) is 0 Å². The smallest absolute Gasteiger partial charge is 0.307 e. The zero-order valence-electron chi connectivity index (χ0n) is 16.6. The van der Waals surface area contributed by atoms with E-state index in [0.29, 0.717) is 5.56 Å². The lowest BCUT2D eigenvalue weighted by molar-refractivity contribution is -0.393. The zero-order valence-corrected chi connectivity index (χ0v) is 16.6. The molecule has 9 heteroatoms. The normalized spacial score (nSPS) is 11.4. The average molecular weight is 421 g/mol. The van der Waals surface area contributed by atoms with Crippen molar-refractivity contribution in [2.45, 2.75) is 12.5 Å². The van der Waals surface area contributed by atoms with Crippen LogP contribution in [0.25, 0.3) is 11.1 Å². The molecule has 3 rings (SSSR count). The highest BCUT2D eigenvalue weighted by molar-refractivity contribution is 5.73. The maximum Gasteiger partial charge on any atom is 0.307 e. The standard InChI is InChI=1S/C22H19N3O6/c1-31-22(26)14-20(17-9-7-16(8-10-17)15-5-3-2-4-6-15)23-19-12-11-18(24(27)28)13-21(19)25(29)30/h2-13,20,23H,14H2,1H3. The number of non-ortho nitro benzene ring substituents is 1. The summed E-state index contributed by atoms with van der Waals surface area (Å²) in [5.41, 5.74) is 1.92. The number of carbonyl (C=O) groups is 1. The summed E-state index contributed by atoms with van der Waals surface area (Å²) in [6.45, 7) is 0. The number of nitro groups is 2. The molecular weight excluding hydrogens is 402 g/mol. The fraction of sp³-hybridized carbons (Fsp3) is 0.136. The molecule has 0 amide bonds. The van der Waals surface area contributed by atoms with Gasteiger partial charge in [0.15, 0.2) is 0 Å². The fourth-order valence-corrected chi connectivity index (χ4v) is 3.14. The summed E-state index contributed by atoms with van der Waals surface area (Å²) in [6.07, 6.45) is -0.0880. The van der Waals surface area contributed by atoms with Crippen LogP contribution in [0.4, 0.5) is 17.1 Å². The molecule has 0 saturated heterocycles. The first-order valence-corrected chi connectivity index (χ1v) is 9.30. The maximum absolute atomic E-state index is 12.0. The van der Waals surface area contributed by atoms with Crippen LogP contribution in [0.1, 0.15) is 18.0 Å². The molecule has 0 aliphatic heterocycles. The van der Waals surface area contributed by atoms with Crippen LogP contribution in [-0.2, 0) is 9.53 Å². The molecule has 158 valence electrons. The SMILES string of the molecule is COC(=O)CC(Nc1ccc([N+](=O)[O-])cc1[N+](=O)[O-])c1ccc(-c2ccccc2)cc1. The minimum atomic E-state index is -0.705. The van der Waals surface area contributed by atoms with Gasteiger partial charge in [0.1, 0.15) is 5.69 Å². The van der Waals surface area contributed by atoms with Crippen molar-refractivity contribution >= 4 is 23.0 Å². The minimum Gasteiger partial charge on any atom is -0.469 e. The van der Waals surface area contributed by atoms with E-state index in [4.69, 9.17) is 4.74 Å². The van der Waals surface area contributed by atoms with Crippen molar-refractivity contribution in [2.24, 2.45) is 0 Å². The molecule has 0 aliphatic rings. The summed E-state index contributed by atoms with van der Waals surface area (Å²) in [7, 11) is 1.26. The highest BCUT2D eigenvalue weighted by Gasteiger charge is 2.24. The van der Waals surface area contributed by atoms with Crippen molar-refractivity contribution < 1.29 is 19.4 Å². The number of carbonyl (C=O) groups excluding carboxylic acids is 1. The number of hydrogen-bond donors (Lipinski definition) is 1. The number of esters is 1. The molecule has 31 heavy (non-hydrogen) atoms. The summed E-state index contributed by atoms with van der Waals surface area (Å²) < 4.78 is 4.76. The van der Waals surface area contributed by atoms with E-state index in [9.17, 15) is 25.0 Å². The molecule has 9 nitrogen and oxygen atoms in total. The highest BCUT2D eigenvalue weighted by atomic mass is 16.6. The molecule has 0 spiro atoms. The molecule has 1 atom stereocenters. The number of anilines is 1. The van der Waals surface area contributed by atoms with Crippen LogP contribution in [0.2, 0.25) is 0 Å². The molecule has 0 aromatic heterocycles. The van der Waals surface area contributed by atoms with Gasteiger partial charge >= 0.3 is 5.97 Å². The molecule has 1 unspecified atom stereocenters. The van der Waals surface area contributed by atoms with Gasteiger partial charge in [-0.3, -0.25) is 25.0 Å². The van der Waals surface area contributed by atoms with Gasteiger partial charge < -0.3 is 10.1 Å². The molecule has 0 radical (unpaired) electrons. The first-order chi connectivity index (χ1) is 14.9. The number of nitrogens with one attached hydrogen (secondary N) is 1. The Kier molecular flexibility index (Phi) is 6.56. The maximum atomic E-state index is 12.0. The van der Waals surface area contributed by atoms with Crippen LogP contribution < -0.4 is 5.32 Å². The molecular formula is C22H19N3O6. The largest absolute Gasteiger partial charge is 0.469 e. The molecule has 3 aromatic rings. The second-order valence-electron chi connectivity index (χ2n) is 6.68. The van der Waals surface area contributed by atoms with Gasteiger partial charge in [0.05, 0.1) is 35.5 Å². The first-order valence-electron chi connectivity index (χ1n) is 9.30. The van der Waals surface area contributed by atoms with E-state index < -0.39 is 33.2 Å². The van der Waals surface area contributed by atoms with Gasteiger partial charge in [-0.2, -0.15) is 0 Å². The van der Waals surface area contributed by atoms with Gasteiger partial charge in [0.2, 0.25) is 0 Å². The van der Waals surface area contributed by atoms with Crippen molar-refractivity contribution in [1.29, 1.82) is 0 Å². The van der Waals surface area contributed by atoms with Crippen LogP contribution in [0.3, 0.4) is 0 Å². The van der Waals surface area contributed by atoms with E-state index in [0.717, 1.165) is 17.2 Å². The molecule has 1 N–H and O–H groups in total. The lowest BCUT2D eigenvalue weighted by Gasteiger charge is -2.20. The topological polar surface area (TPSA) is 125 Å². The van der Waals surface area contributed by atoms with Gasteiger partial charge in [-0.05, 0) is 22.8 Å². The van der Waals surface area contributed by atoms with Crippen LogP contribution >= 0.6 is 0 Å². The van der Waals surface area contributed by atoms with Gasteiger partial charge in [0, 0.05) is 6.07 Å². The number of nitro benzene ring substituents is 2. The third kappa shape index (κ3) is 5.21. The average Bonchev–Trinajstić information content (AvgIpc) is 2.79. The third-order valence-electron chi connectivity index (χ3n) is 4.74. The predicted molar refractivity (Wildman–Crippen MR) is 115 cm³/mol. The monoisotopic (exact) mass is 421 g/mol. The van der Waals surface area contributed by atoms with Crippen LogP contribution in [-0.4, -0.2) is 22.9 Å². The van der Waals surface area contributed by atoms with E-state index in [1.165, 1.54) is 19.2 Å². The quantitative estimate of drug-likeness (QED) is 0.312. The number of ether oxygens (including phenoxy) is 1. The van der Waals surface area contributed by atoms with Crippen LogP contribution in [0.5, 0.6) is 0 Å². The second-order valence-corrected chi connectivity index (χ2v) is 6.68. The van der Waals surface area contributed by atoms with Crippen molar-refractivity contribution in [3.63, 3.8) is 0 Å². The number of methoxy groups -OCH3 is 1. The van der Waals surface area contributed by atoms with Gasteiger partial charge in [0.25, 0.3) is 11.4 Å². The molecule has 0 fully saturated rings. The fourth-order valence-electron chi connectivity index (χ4n) is 3.14. The Balaban J connectivity index is 1.94. The number of rotatable bonds is 8. The number of benzene rings is 3. The van der Waals surface area contributed by atoms with Gasteiger partial charge in [-0.1, -0.05) is 54.6 Å². The van der Waals surface area contributed by atoms with E-state index in [-0.39, 0.29) is 12.1 Å². The van der Waals surface area contributed by atoms with E-state index in [1.54, 1.807) is 0 Å². The van der Waals surface area contributed by atoms with Crippen molar-refractivity contribution in [2.75, 3.05) is 12.4 Å². The Morgan fingerprint density at radius 1 is 0.935 bits per heavy atom. The summed E-state index contributed by atoms with van der Waals surface area (Å²) in [5, 5.41) is 25.4. The Morgan fingerprint density at radius 2 is 1.58 bits per heavy atom. The zero-order chi connectivity index (χ0) is 22.4. The molecule has 0 aliphatic carbocycles. The predicted octanol–water partition coefficient (Wildman–Crippen LogP) is 4.89. The van der Waals surface area contributed by atoms with Crippen molar-refractivity contribution in [3.8, 4) is 11.1 Å². The lowest BCUT2D eigenvalue weighted by atomic mass is 9.98. The van der Waals surface area contributed by atoms with Crippen LogP contribution in [0.15, 0.2) is 72.8 Å². The third-order valence-corrected chi connectivity index (χ3v) is 4.74. The lowest BCUT2D eigenvalue weighted by Crippen LogP contribution is -2.17. The number of hydrogen-bond acceptors (Lipinski definition) is 7. The minimum absolute atomic E-state index is 0.0663. The highest BCUT2D eigenvalue weighted by Crippen LogP contribution is 2.33. The van der Waals surface area contributed by atoms with E-state index >= 15 is 0 Å². The number of nitrogens with zero attached hydrogens (tertiary/aromatic N) is 2. The molecule has 3 aromatic carbocycles. The second kappa shape index (κ2) is 9.49. The van der Waals surface area contributed by atoms with Crippen LogP contribution in [0, 0.1) is 20.2 Å². The molecule has 0 heterocycles. The Hall–Kier alpha value is -4.27. The van der Waals surface area contributed by atoms with E-state index in [2.05, 4.69) is 5.32 Å². The van der Waals surface area contributed by atoms with Gasteiger partial charge in [-0.25, -0.2) is 0 Å². The summed E-state index contributed by atoms with van der Waals surface area (Å²) in [5.74, 6) is -0.505. The van der Waals surface area contributed by atoms with E-state index in [1.807, 2.05) is 54.6 Å². The Labute approximate surface area is 177 Å². The summed E-state index contributed by atoms with van der Waals surface area (Å²) >= 11 is 0. The van der Waals surface area contributed by atoms with Crippen molar-refractivity contribution in [3.05, 3.63) is 98.6 Å². The Bertz CT molecular complexity index is 1100. The Morgan fingerprint density at radius 3 is 2.16 bits per heavy atom. The molecule has 0 bridgehead atoms. The molecule has 0 saturated carbocycles. The first kappa shape index (κ1) is 21.4. The van der Waals surface area contributed by atoms with Gasteiger partial charge in [-0.15, -0.1) is 0 Å². The summed E-state index contributed by atoms with van der Waals surface area (Å²) in [6, 6.07) is 19.8. The summed E-state index contributed by atoms with van der Waals surface area (Å²) in [4.78, 5) is 33.0.